The van der Waals surface area contributed by atoms with Gasteiger partial charge in [-0.25, -0.2) is 14.6 Å². The molecule has 4 rings (SSSR count). The van der Waals surface area contributed by atoms with E-state index in [0.717, 1.165) is 41.6 Å². The molecule has 3 aromatic rings. The number of benzene rings is 1. The van der Waals surface area contributed by atoms with Gasteiger partial charge in [-0.05, 0) is 70.2 Å². The summed E-state index contributed by atoms with van der Waals surface area (Å²) < 4.78 is 12.4. The van der Waals surface area contributed by atoms with Gasteiger partial charge in [0.2, 0.25) is 5.91 Å². The number of amides is 1. The number of thioether (sulfide) groups is 1. The normalized spacial score (nSPS) is 12.9. The molecule has 35 heavy (non-hydrogen) atoms. The van der Waals surface area contributed by atoms with Crippen LogP contribution in [0.3, 0.4) is 0 Å². The van der Waals surface area contributed by atoms with Crippen molar-refractivity contribution in [3.63, 3.8) is 0 Å². The summed E-state index contributed by atoms with van der Waals surface area (Å²) >= 11 is 2.80. The fraction of sp³-hybridized carbons (Fsp3) is 0.440. The summed E-state index contributed by atoms with van der Waals surface area (Å²) in [5.74, 6) is -0.829. The number of nitrogens with zero attached hydrogens (tertiary/aromatic N) is 2. The first-order valence-corrected chi connectivity index (χ1v) is 13.7. The highest BCUT2D eigenvalue weighted by Crippen LogP contribution is 2.38. The Morgan fingerprint density at radius 3 is 2.57 bits per heavy atom. The number of esters is 2. The molecule has 2 aromatic heterocycles. The van der Waals surface area contributed by atoms with Crippen molar-refractivity contribution >= 4 is 57.0 Å². The smallest absolute Gasteiger partial charge is 0.341 e. The zero-order valence-corrected chi connectivity index (χ0v) is 21.8. The molecule has 1 aliphatic rings. The van der Waals surface area contributed by atoms with Gasteiger partial charge in [-0.3, -0.25) is 4.79 Å². The predicted molar refractivity (Wildman–Crippen MR) is 138 cm³/mol. The van der Waals surface area contributed by atoms with Gasteiger partial charge in [0.1, 0.15) is 5.00 Å². The Labute approximate surface area is 212 Å². The average Bonchev–Trinajstić information content (AvgIpc) is 3.39. The lowest BCUT2D eigenvalue weighted by atomic mass is 9.95. The van der Waals surface area contributed by atoms with E-state index in [1.54, 1.807) is 26.0 Å². The van der Waals surface area contributed by atoms with Crippen molar-refractivity contribution < 1.29 is 23.9 Å². The number of ether oxygens (including phenoxy) is 2. The van der Waals surface area contributed by atoms with Crippen molar-refractivity contribution in [2.75, 3.05) is 24.3 Å². The molecule has 8 nitrogen and oxygen atoms in total. The number of anilines is 1. The number of carbonyl (C=O) groups is 3. The van der Waals surface area contributed by atoms with Crippen molar-refractivity contribution in [1.82, 2.24) is 9.55 Å². The lowest BCUT2D eigenvalue weighted by molar-refractivity contribution is -0.113. The van der Waals surface area contributed by atoms with Gasteiger partial charge in [0, 0.05) is 11.4 Å². The summed E-state index contributed by atoms with van der Waals surface area (Å²) in [5.41, 5.74) is 3.54. The predicted octanol–water partition coefficient (Wildman–Crippen LogP) is 5.08. The van der Waals surface area contributed by atoms with Crippen molar-refractivity contribution in [3.05, 3.63) is 39.8 Å². The Hall–Kier alpha value is -2.85. The molecule has 186 valence electrons. The van der Waals surface area contributed by atoms with Crippen molar-refractivity contribution in [3.8, 4) is 0 Å². The van der Waals surface area contributed by atoms with E-state index < -0.39 is 0 Å². The van der Waals surface area contributed by atoms with Crippen LogP contribution in [0.1, 0.15) is 64.8 Å². The summed E-state index contributed by atoms with van der Waals surface area (Å²) in [6.07, 6.45) is 3.87. The van der Waals surface area contributed by atoms with Crippen LogP contribution in [0.5, 0.6) is 0 Å². The summed E-state index contributed by atoms with van der Waals surface area (Å²) in [6.45, 7) is 6.82. The van der Waals surface area contributed by atoms with E-state index in [4.69, 9.17) is 9.47 Å². The second-order valence-electron chi connectivity index (χ2n) is 8.03. The fourth-order valence-electron chi connectivity index (χ4n) is 4.23. The number of fused-ring (bicyclic) bond motifs is 2. The number of carbonyl (C=O) groups excluding carboxylic acids is 3. The monoisotopic (exact) mass is 515 g/mol. The van der Waals surface area contributed by atoms with Crippen LogP contribution in [0.15, 0.2) is 23.4 Å². The number of aryl methyl sites for hydroxylation is 2. The minimum absolute atomic E-state index is 0.138. The molecule has 1 aliphatic carbocycles. The first-order chi connectivity index (χ1) is 17.0. The summed E-state index contributed by atoms with van der Waals surface area (Å²) in [6, 6.07) is 5.29. The zero-order chi connectivity index (χ0) is 24.9. The van der Waals surface area contributed by atoms with Gasteiger partial charge in [-0.2, -0.15) is 0 Å². The number of imidazole rings is 1. The minimum Gasteiger partial charge on any atom is -0.462 e. The third-order valence-corrected chi connectivity index (χ3v) is 7.96. The molecule has 1 aromatic carbocycles. The topological polar surface area (TPSA) is 99.5 Å². The van der Waals surface area contributed by atoms with Crippen molar-refractivity contribution in [2.24, 2.45) is 0 Å². The first-order valence-electron chi connectivity index (χ1n) is 11.9. The van der Waals surface area contributed by atoms with E-state index in [-0.39, 0.29) is 30.2 Å². The molecular weight excluding hydrogens is 486 g/mol. The second kappa shape index (κ2) is 11.3. The second-order valence-corrected chi connectivity index (χ2v) is 10.1. The maximum Gasteiger partial charge on any atom is 0.341 e. The Bertz CT molecular complexity index is 1260. The first kappa shape index (κ1) is 25.2. The average molecular weight is 516 g/mol. The van der Waals surface area contributed by atoms with Crippen LogP contribution in [0, 0.1) is 0 Å². The number of thiophene rings is 1. The van der Waals surface area contributed by atoms with E-state index in [2.05, 4.69) is 10.3 Å². The fourth-order valence-corrected chi connectivity index (χ4v) is 6.40. The van der Waals surface area contributed by atoms with E-state index in [0.29, 0.717) is 40.0 Å². The van der Waals surface area contributed by atoms with E-state index in [1.165, 1.54) is 23.1 Å². The summed E-state index contributed by atoms with van der Waals surface area (Å²) in [5, 5.41) is 4.21. The number of rotatable bonds is 9. The van der Waals surface area contributed by atoms with Gasteiger partial charge in [0.15, 0.2) is 5.16 Å². The van der Waals surface area contributed by atoms with Gasteiger partial charge in [0.25, 0.3) is 0 Å². The molecule has 0 aliphatic heterocycles. The molecule has 0 saturated heterocycles. The number of nitrogens with one attached hydrogen (secondary N) is 1. The Morgan fingerprint density at radius 1 is 1.09 bits per heavy atom. The van der Waals surface area contributed by atoms with Crippen LogP contribution < -0.4 is 5.32 Å². The SMILES string of the molecule is CCOC(=O)c1ccc2c(c1)nc(SCC(=O)Nc1sc3c(c1C(=O)OCC)CCCC3)n2CC. The molecule has 0 atom stereocenters. The lowest BCUT2D eigenvalue weighted by Crippen LogP contribution is -2.17. The molecule has 1 N–H and O–H groups in total. The lowest BCUT2D eigenvalue weighted by Gasteiger charge is -2.12. The van der Waals surface area contributed by atoms with Crippen LogP contribution in [-0.2, 0) is 33.7 Å². The molecule has 0 fully saturated rings. The Kier molecular flexibility index (Phi) is 8.12. The third-order valence-electron chi connectivity index (χ3n) is 5.78. The molecule has 10 heteroatoms. The summed E-state index contributed by atoms with van der Waals surface area (Å²) in [7, 11) is 0. The number of hydrogen-bond acceptors (Lipinski definition) is 8. The standard InChI is InChI=1S/C25H29N3O5S2/c1-4-28-18-12-11-15(23(30)32-5-2)13-17(18)26-25(28)34-14-20(29)27-22-21(24(31)33-6-3)16-9-7-8-10-19(16)35-22/h11-13H,4-10,14H2,1-3H3,(H,27,29). The molecule has 0 unspecified atom stereocenters. The number of hydrogen-bond donors (Lipinski definition) is 1. The van der Waals surface area contributed by atoms with Gasteiger partial charge >= 0.3 is 11.9 Å². The van der Waals surface area contributed by atoms with Gasteiger partial charge in [0.05, 0.1) is 41.1 Å². The minimum atomic E-state index is -0.384. The molecular formula is C25H29N3O5S2. The van der Waals surface area contributed by atoms with Crippen LogP contribution >= 0.6 is 23.1 Å². The van der Waals surface area contributed by atoms with Gasteiger partial charge in [-0.1, -0.05) is 11.8 Å². The van der Waals surface area contributed by atoms with Crippen LogP contribution in [-0.4, -0.2) is 46.4 Å². The highest BCUT2D eigenvalue weighted by molar-refractivity contribution is 7.99. The molecule has 1 amide bonds. The van der Waals surface area contributed by atoms with E-state index in [9.17, 15) is 14.4 Å². The largest absolute Gasteiger partial charge is 0.462 e. The summed E-state index contributed by atoms with van der Waals surface area (Å²) in [4.78, 5) is 43.4. The van der Waals surface area contributed by atoms with Gasteiger partial charge in [-0.15, -0.1) is 11.3 Å². The maximum atomic E-state index is 12.9. The molecule has 0 spiro atoms. The highest BCUT2D eigenvalue weighted by atomic mass is 32.2. The number of aromatic nitrogens is 2. The molecule has 0 radical (unpaired) electrons. The van der Waals surface area contributed by atoms with Crippen LogP contribution in [0.2, 0.25) is 0 Å². The zero-order valence-electron chi connectivity index (χ0n) is 20.1. The van der Waals surface area contributed by atoms with Crippen molar-refractivity contribution in [1.29, 1.82) is 0 Å². The van der Waals surface area contributed by atoms with E-state index in [1.807, 2.05) is 17.6 Å². The van der Waals surface area contributed by atoms with Crippen LogP contribution in [0.4, 0.5) is 5.00 Å². The molecule has 2 heterocycles. The Balaban J connectivity index is 1.51. The van der Waals surface area contributed by atoms with Crippen molar-refractivity contribution in [2.45, 2.75) is 58.2 Å². The molecule has 0 saturated carbocycles. The quantitative estimate of drug-likeness (QED) is 0.313. The highest BCUT2D eigenvalue weighted by Gasteiger charge is 2.27. The molecule has 0 bridgehead atoms. The maximum absolute atomic E-state index is 12.9. The van der Waals surface area contributed by atoms with E-state index >= 15 is 0 Å². The Morgan fingerprint density at radius 2 is 1.83 bits per heavy atom. The van der Waals surface area contributed by atoms with Gasteiger partial charge < -0.3 is 19.4 Å². The third kappa shape index (κ3) is 5.38. The van der Waals surface area contributed by atoms with Crippen LogP contribution in [0.25, 0.3) is 11.0 Å².